The zero-order valence-corrected chi connectivity index (χ0v) is 12.7. The van der Waals surface area contributed by atoms with Crippen LogP contribution in [0.1, 0.15) is 30.4 Å². The normalized spacial score (nSPS) is 23.3. The molecule has 3 aromatic rings. The van der Waals surface area contributed by atoms with Crippen molar-refractivity contribution in [2.45, 2.75) is 25.0 Å². The Bertz CT molecular complexity index is 925. The number of hydrogen-bond donors (Lipinski definition) is 1. The van der Waals surface area contributed by atoms with Gasteiger partial charge >= 0.3 is 0 Å². The summed E-state index contributed by atoms with van der Waals surface area (Å²) in [5, 5.41) is 11.0. The van der Waals surface area contributed by atoms with Crippen LogP contribution in [-0.4, -0.2) is 10.9 Å². The SMILES string of the molecule is C[C@]1(O)C[C@@H](c2ccccc2)c2c(oc3ccccc3c2=O)O1. The molecule has 0 unspecified atom stereocenters. The van der Waals surface area contributed by atoms with Crippen LogP contribution in [0.3, 0.4) is 0 Å². The van der Waals surface area contributed by atoms with E-state index < -0.39 is 5.79 Å². The predicted molar refractivity (Wildman–Crippen MR) is 86.6 cm³/mol. The number of hydrogen-bond acceptors (Lipinski definition) is 4. The molecule has 0 saturated heterocycles. The molecule has 1 aromatic heterocycles. The summed E-state index contributed by atoms with van der Waals surface area (Å²) >= 11 is 0. The molecule has 0 bridgehead atoms. The van der Waals surface area contributed by atoms with Gasteiger partial charge in [-0.25, -0.2) is 0 Å². The maximum absolute atomic E-state index is 12.9. The molecule has 0 amide bonds. The third kappa shape index (κ3) is 2.32. The smallest absolute Gasteiger partial charge is 0.295 e. The van der Waals surface area contributed by atoms with Crippen LogP contribution in [0.25, 0.3) is 11.0 Å². The van der Waals surface area contributed by atoms with Crippen molar-refractivity contribution >= 4 is 11.0 Å². The van der Waals surface area contributed by atoms with Crippen molar-refractivity contribution in [3.63, 3.8) is 0 Å². The summed E-state index contributed by atoms with van der Waals surface area (Å²) in [6.07, 6.45) is 0.299. The first-order valence-electron chi connectivity index (χ1n) is 7.57. The molecule has 1 N–H and O–H groups in total. The van der Waals surface area contributed by atoms with E-state index in [0.29, 0.717) is 23.0 Å². The second-order valence-electron chi connectivity index (χ2n) is 6.07. The summed E-state index contributed by atoms with van der Waals surface area (Å²) in [6, 6.07) is 16.7. The van der Waals surface area contributed by atoms with Gasteiger partial charge in [-0.2, -0.15) is 0 Å². The molecule has 0 saturated carbocycles. The molecule has 1 aliphatic rings. The molecule has 116 valence electrons. The van der Waals surface area contributed by atoms with Gasteiger partial charge in [-0.3, -0.25) is 4.79 Å². The number of rotatable bonds is 1. The molecule has 2 atom stereocenters. The lowest BCUT2D eigenvalue weighted by Gasteiger charge is -2.34. The van der Waals surface area contributed by atoms with Gasteiger partial charge in [-0.15, -0.1) is 0 Å². The minimum Gasteiger partial charge on any atom is -0.433 e. The van der Waals surface area contributed by atoms with E-state index in [0.717, 1.165) is 5.56 Å². The predicted octanol–water partition coefficient (Wildman–Crippen LogP) is 3.42. The first-order chi connectivity index (χ1) is 11.1. The van der Waals surface area contributed by atoms with Gasteiger partial charge in [0.1, 0.15) is 5.58 Å². The van der Waals surface area contributed by atoms with Crippen molar-refractivity contribution in [3.8, 4) is 5.95 Å². The molecule has 2 heterocycles. The molecule has 0 radical (unpaired) electrons. The maximum atomic E-state index is 12.9. The van der Waals surface area contributed by atoms with Crippen LogP contribution in [0.15, 0.2) is 63.8 Å². The van der Waals surface area contributed by atoms with E-state index >= 15 is 0 Å². The van der Waals surface area contributed by atoms with Crippen LogP contribution in [-0.2, 0) is 0 Å². The number of fused-ring (bicyclic) bond motifs is 2. The molecule has 2 aromatic carbocycles. The fraction of sp³-hybridized carbons (Fsp3) is 0.211. The number of benzene rings is 2. The second kappa shape index (κ2) is 4.96. The van der Waals surface area contributed by atoms with Gasteiger partial charge in [0, 0.05) is 19.3 Å². The minimum absolute atomic E-state index is 0.105. The lowest BCUT2D eigenvalue weighted by atomic mass is 9.84. The molecule has 0 aliphatic carbocycles. The fourth-order valence-corrected chi connectivity index (χ4v) is 3.20. The maximum Gasteiger partial charge on any atom is 0.295 e. The Balaban J connectivity index is 2.02. The standard InChI is InChI=1S/C19H16O4/c1-19(21)11-14(12-7-3-2-4-8-12)16-17(20)13-9-5-6-10-15(13)22-18(16)23-19/h2-10,14,21H,11H2,1H3/t14-,19+/m0/s1. The Hall–Kier alpha value is -2.59. The van der Waals surface area contributed by atoms with Crippen LogP contribution in [0.5, 0.6) is 5.95 Å². The highest BCUT2D eigenvalue weighted by molar-refractivity contribution is 5.78. The van der Waals surface area contributed by atoms with Crippen molar-refractivity contribution in [1.82, 2.24) is 0 Å². The van der Waals surface area contributed by atoms with Gasteiger partial charge in [0.2, 0.25) is 11.2 Å². The molecule has 1 aliphatic heterocycles. The summed E-state index contributed by atoms with van der Waals surface area (Å²) in [7, 11) is 0. The first-order valence-corrected chi connectivity index (χ1v) is 7.57. The Morgan fingerprint density at radius 3 is 2.57 bits per heavy atom. The van der Waals surface area contributed by atoms with Crippen molar-refractivity contribution in [1.29, 1.82) is 0 Å². The van der Waals surface area contributed by atoms with Gasteiger partial charge in [0.05, 0.1) is 10.9 Å². The van der Waals surface area contributed by atoms with E-state index in [1.807, 2.05) is 36.4 Å². The van der Waals surface area contributed by atoms with Crippen molar-refractivity contribution in [2.75, 3.05) is 0 Å². The van der Waals surface area contributed by atoms with Gasteiger partial charge in [-0.1, -0.05) is 42.5 Å². The van der Waals surface area contributed by atoms with E-state index in [2.05, 4.69) is 0 Å². The molecular formula is C19H16O4. The van der Waals surface area contributed by atoms with Gasteiger partial charge in [-0.05, 0) is 17.7 Å². The van der Waals surface area contributed by atoms with Crippen LogP contribution in [0.2, 0.25) is 0 Å². The quantitative estimate of drug-likeness (QED) is 0.748. The lowest BCUT2D eigenvalue weighted by molar-refractivity contribution is -0.148. The molecular weight excluding hydrogens is 292 g/mol. The summed E-state index contributed by atoms with van der Waals surface area (Å²) in [6.45, 7) is 1.58. The Morgan fingerprint density at radius 1 is 1.09 bits per heavy atom. The summed E-state index contributed by atoms with van der Waals surface area (Å²) in [5.41, 5.74) is 1.79. The highest BCUT2D eigenvalue weighted by atomic mass is 16.7. The topological polar surface area (TPSA) is 59.7 Å². The molecule has 23 heavy (non-hydrogen) atoms. The summed E-state index contributed by atoms with van der Waals surface area (Å²) in [4.78, 5) is 12.9. The van der Waals surface area contributed by atoms with Crippen LogP contribution >= 0.6 is 0 Å². The summed E-state index contributed by atoms with van der Waals surface area (Å²) in [5.74, 6) is -1.54. The van der Waals surface area contributed by atoms with Crippen molar-refractivity contribution < 1.29 is 14.3 Å². The molecule has 4 rings (SSSR count). The fourth-order valence-electron chi connectivity index (χ4n) is 3.20. The highest BCUT2D eigenvalue weighted by Gasteiger charge is 2.40. The van der Waals surface area contributed by atoms with Gasteiger partial charge in [0.15, 0.2) is 0 Å². The molecule has 0 spiro atoms. The monoisotopic (exact) mass is 308 g/mol. The first kappa shape index (κ1) is 14.0. The Labute approximate surface area is 132 Å². The lowest BCUT2D eigenvalue weighted by Crippen LogP contribution is -2.40. The van der Waals surface area contributed by atoms with Crippen molar-refractivity contribution in [2.24, 2.45) is 0 Å². The minimum atomic E-state index is -1.38. The van der Waals surface area contributed by atoms with Gasteiger partial charge in [0.25, 0.3) is 5.95 Å². The van der Waals surface area contributed by atoms with E-state index in [-0.39, 0.29) is 17.3 Å². The van der Waals surface area contributed by atoms with Crippen LogP contribution in [0.4, 0.5) is 0 Å². The average molecular weight is 308 g/mol. The number of para-hydroxylation sites is 1. The van der Waals surface area contributed by atoms with Gasteiger partial charge < -0.3 is 14.3 Å². The van der Waals surface area contributed by atoms with E-state index in [1.54, 1.807) is 25.1 Å². The third-order valence-electron chi connectivity index (χ3n) is 4.24. The largest absolute Gasteiger partial charge is 0.433 e. The summed E-state index contributed by atoms with van der Waals surface area (Å²) < 4.78 is 11.3. The molecule has 0 fully saturated rings. The Kier molecular flexibility index (Phi) is 3.03. The highest BCUT2D eigenvalue weighted by Crippen LogP contribution is 2.42. The molecule has 4 heteroatoms. The van der Waals surface area contributed by atoms with Crippen LogP contribution < -0.4 is 10.2 Å². The zero-order valence-electron chi connectivity index (χ0n) is 12.7. The van der Waals surface area contributed by atoms with E-state index in [1.165, 1.54) is 0 Å². The molecule has 4 nitrogen and oxygen atoms in total. The van der Waals surface area contributed by atoms with E-state index in [9.17, 15) is 9.90 Å². The average Bonchev–Trinajstić information content (AvgIpc) is 2.54. The third-order valence-corrected chi connectivity index (χ3v) is 4.24. The Morgan fingerprint density at radius 2 is 1.78 bits per heavy atom. The van der Waals surface area contributed by atoms with E-state index in [4.69, 9.17) is 9.15 Å². The second-order valence-corrected chi connectivity index (χ2v) is 6.07. The number of ether oxygens (including phenoxy) is 1. The van der Waals surface area contributed by atoms with Crippen molar-refractivity contribution in [3.05, 3.63) is 75.9 Å². The number of aliphatic hydroxyl groups is 1. The van der Waals surface area contributed by atoms with Crippen LogP contribution in [0, 0.1) is 0 Å². The zero-order chi connectivity index (χ0) is 16.0.